The first-order valence-electron chi connectivity index (χ1n) is 5.40. The molecule has 3 nitrogen and oxygen atoms in total. The molecule has 0 fully saturated rings. The largest absolute Gasteiger partial charge is 0.508 e. The third kappa shape index (κ3) is 2.87. The van der Waals surface area contributed by atoms with Gasteiger partial charge in [-0.25, -0.2) is 17.6 Å². The van der Waals surface area contributed by atoms with E-state index in [9.17, 15) is 17.6 Å². The van der Waals surface area contributed by atoms with E-state index in [4.69, 9.17) is 5.11 Å². The van der Waals surface area contributed by atoms with E-state index < -0.39 is 29.0 Å². The van der Waals surface area contributed by atoms with Crippen LogP contribution in [-0.2, 0) is 0 Å². The maximum atomic E-state index is 13.3. The summed E-state index contributed by atoms with van der Waals surface area (Å²) in [5.74, 6) is -6.13. The van der Waals surface area contributed by atoms with Gasteiger partial charge in [0.05, 0.1) is 6.21 Å². The zero-order valence-electron chi connectivity index (χ0n) is 9.87. The average Bonchev–Trinajstić information content (AvgIpc) is 2.42. The van der Waals surface area contributed by atoms with Crippen LogP contribution in [0.25, 0.3) is 0 Å². The van der Waals surface area contributed by atoms with Crippen LogP contribution in [0.2, 0.25) is 0 Å². The van der Waals surface area contributed by atoms with E-state index in [1.54, 1.807) is 0 Å². The van der Waals surface area contributed by atoms with Crippen LogP contribution in [0.5, 0.6) is 5.75 Å². The van der Waals surface area contributed by atoms with Crippen molar-refractivity contribution in [3.05, 3.63) is 59.2 Å². The second-order valence-electron chi connectivity index (χ2n) is 3.80. The number of halogens is 4. The van der Waals surface area contributed by atoms with Crippen LogP contribution in [0.3, 0.4) is 0 Å². The lowest BCUT2D eigenvalue weighted by Gasteiger charge is -2.05. The monoisotopic (exact) mass is 284 g/mol. The molecule has 2 rings (SSSR count). The van der Waals surface area contributed by atoms with Crippen molar-refractivity contribution in [3.63, 3.8) is 0 Å². The van der Waals surface area contributed by atoms with Gasteiger partial charge in [-0.05, 0) is 29.8 Å². The minimum Gasteiger partial charge on any atom is -0.508 e. The van der Waals surface area contributed by atoms with E-state index in [0.717, 1.165) is 0 Å². The fourth-order valence-electron chi connectivity index (χ4n) is 1.40. The van der Waals surface area contributed by atoms with Crippen LogP contribution >= 0.6 is 0 Å². The molecule has 104 valence electrons. The van der Waals surface area contributed by atoms with Gasteiger partial charge in [0.1, 0.15) is 11.4 Å². The van der Waals surface area contributed by atoms with Gasteiger partial charge in [0.25, 0.3) is 0 Å². The summed E-state index contributed by atoms with van der Waals surface area (Å²) >= 11 is 0. The molecular formula is C13H8F4N2O. The average molecular weight is 284 g/mol. The number of aromatic hydroxyl groups is 1. The van der Waals surface area contributed by atoms with E-state index >= 15 is 0 Å². The summed E-state index contributed by atoms with van der Waals surface area (Å²) in [7, 11) is 0. The molecular weight excluding hydrogens is 276 g/mol. The quantitative estimate of drug-likeness (QED) is 0.393. The van der Waals surface area contributed by atoms with Gasteiger partial charge < -0.3 is 5.11 Å². The number of hydrazone groups is 1. The van der Waals surface area contributed by atoms with Gasteiger partial charge in [-0.1, -0.05) is 0 Å². The van der Waals surface area contributed by atoms with Gasteiger partial charge >= 0.3 is 0 Å². The summed E-state index contributed by atoms with van der Waals surface area (Å²) in [6.45, 7) is 0. The molecule has 0 atom stereocenters. The second kappa shape index (κ2) is 5.60. The Morgan fingerprint density at radius 2 is 1.50 bits per heavy atom. The van der Waals surface area contributed by atoms with Crippen LogP contribution < -0.4 is 5.43 Å². The number of rotatable bonds is 3. The van der Waals surface area contributed by atoms with E-state index in [1.165, 1.54) is 30.5 Å². The topological polar surface area (TPSA) is 44.6 Å². The number of phenolic OH excluding ortho intramolecular Hbond substituents is 1. The van der Waals surface area contributed by atoms with Gasteiger partial charge in [0.2, 0.25) is 0 Å². The number of hydrogen-bond donors (Lipinski definition) is 2. The van der Waals surface area contributed by atoms with Gasteiger partial charge in [0.15, 0.2) is 23.3 Å². The highest BCUT2D eigenvalue weighted by Gasteiger charge is 2.18. The van der Waals surface area contributed by atoms with Crippen molar-refractivity contribution in [1.82, 2.24) is 0 Å². The first-order valence-corrected chi connectivity index (χ1v) is 5.40. The smallest absolute Gasteiger partial charge is 0.186 e. The number of nitrogens with one attached hydrogen (secondary N) is 1. The molecule has 0 saturated carbocycles. The molecule has 7 heteroatoms. The van der Waals surface area contributed by atoms with Crippen molar-refractivity contribution < 1.29 is 22.7 Å². The minimum absolute atomic E-state index is 0.0411. The summed E-state index contributed by atoms with van der Waals surface area (Å²) < 4.78 is 52.4. The highest BCUT2D eigenvalue weighted by atomic mass is 19.2. The summed E-state index contributed by atoms with van der Waals surface area (Å²) in [4.78, 5) is 0. The summed E-state index contributed by atoms with van der Waals surface area (Å²) in [6, 6.07) is 5.84. The molecule has 0 bridgehead atoms. The molecule has 0 saturated heterocycles. The fourth-order valence-corrected chi connectivity index (χ4v) is 1.40. The van der Waals surface area contributed by atoms with Crippen molar-refractivity contribution in [2.75, 3.05) is 5.43 Å². The Bertz CT molecular complexity index is 630. The predicted octanol–water partition coefficient (Wildman–Crippen LogP) is 3.39. The van der Waals surface area contributed by atoms with Crippen molar-refractivity contribution in [1.29, 1.82) is 0 Å². The van der Waals surface area contributed by atoms with Gasteiger partial charge in [-0.2, -0.15) is 5.10 Å². The molecule has 0 radical (unpaired) electrons. The second-order valence-corrected chi connectivity index (χ2v) is 3.80. The Kier molecular flexibility index (Phi) is 3.88. The summed E-state index contributed by atoms with van der Waals surface area (Å²) in [5, 5.41) is 12.5. The van der Waals surface area contributed by atoms with Crippen molar-refractivity contribution in [3.8, 4) is 5.75 Å². The lowest BCUT2D eigenvalue weighted by atomic mass is 10.2. The third-order valence-electron chi connectivity index (χ3n) is 2.39. The molecule has 0 aliphatic rings. The van der Waals surface area contributed by atoms with Crippen LogP contribution in [0.1, 0.15) is 5.56 Å². The Morgan fingerprint density at radius 1 is 0.950 bits per heavy atom. The number of anilines is 1. The fraction of sp³-hybridized carbons (Fsp3) is 0. The molecule has 2 aromatic rings. The summed E-state index contributed by atoms with van der Waals surface area (Å²) in [6.07, 6.45) is 1.17. The van der Waals surface area contributed by atoms with Crippen molar-refractivity contribution in [2.45, 2.75) is 0 Å². The molecule has 0 heterocycles. The Hall–Kier alpha value is -2.57. The van der Waals surface area contributed by atoms with E-state index in [2.05, 4.69) is 5.10 Å². The molecule has 0 aromatic heterocycles. The SMILES string of the molecule is Oc1ccc(C=NNc2c(F)c(F)cc(F)c2F)cc1. The van der Waals surface area contributed by atoms with E-state index in [1.807, 2.05) is 5.43 Å². The zero-order valence-corrected chi connectivity index (χ0v) is 9.87. The van der Waals surface area contributed by atoms with Crippen molar-refractivity contribution >= 4 is 11.9 Å². The first kappa shape index (κ1) is 13.9. The van der Waals surface area contributed by atoms with Crippen LogP contribution in [-0.4, -0.2) is 11.3 Å². The molecule has 0 aliphatic carbocycles. The maximum absolute atomic E-state index is 13.3. The Labute approximate surface area is 111 Å². The third-order valence-corrected chi connectivity index (χ3v) is 2.39. The Balaban J connectivity index is 2.21. The van der Waals surface area contributed by atoms with Gasteiger partial charge in [-0.15, -0.1) is 0 Å². The number of benzene rings is 2. The molecule has 2 aromatic carbocycles. The predicted molar refractivity (Wildman–Crippen MR) is 65.6 cm³/mol. The number of hydrogen-bond acceptors (Lipinski definition) is 3. The highest BCUT2D eigenvalue weighted by Crippen LogP contribution is 2.24. The highest BCUT2D eigenvalue weighted by molar-refractivity contribution is 5.80. The van der Waals surface area contributed by atoms with Crippen LogP contribution in [0, 0.1) is 23.3 Å². The molecule has 0 unspecified atom stereocenters. The van der Waals surface area contributed by atoms with Gasteiger partial charge in [-0.3, -0.25) is 5.43 Å². The zero-order chi connectivity index (χ0) is 14.7. The van der Waals surface area contributed by atoms with Crippen LogP contribution in [0.4, 0.5) is 23.2 Å². The van der Waals surface area contributed by atoms with E-state index in [-0.39, 0.29) is 11.8 Å². The molecule has 0 aliphatic heterocycles. The molecule has 0 spiro atoms. The van der Waals surface area contributed by atoms with Crippen molar-refractivity contribution in [2.24, 2.45) is 5.10 Å². The number of nitrogens with zero attached hydrogens (tertiary/aromatic N) is 1. The van der Waals surface area contributed by atoms with Crippen LogP contribution in [0.15, 0.2) is 35.4 Å². The van der Waals surface area contributed by atoms with Gasteiger partial charge in [0, 0.05) is 6.07 Å². The minimum atomic E-state index is -1.56. The standard InChI is InChI=1S/C13H8F4N2O/c14-9-5-10(15)12(17)13(11(9)16)19-18-6-7-1-3-8(20)4-2-7/h1-6,19-20H. The molecule has 2 N–H and O–H groups in total. The molecule has 0 amide bonds. The molecule has 20 heavy (non-hydrogen) atoms. The Morgan fingerprint density at radius 3 is 2.05 bits per heavy atom. The lowest BCUT2D eigenvalue weighted by Crippen LogP contribution is -2.02. The normalized spacial score (nSPS) is 11.0. The van der Waals surface area contributed by atoms with E-state index in [0.29, 0.717) is 5.56 Å². The lowest BCUT2D eigenvalue weighted by molar-refractivity contribution is 0.458. The first-order chi connectivity index (χ1) is 9.49. The summed E-state index contributed by atoms with van der Waals surface area (Å²) in [5.41, 5.74) is 1.39. The number of phenols is 1. The maximum Gasteiger partial charge on any atom is 0.186 e.